The summed E-state index contributed by atoms with van der Waals surface area (Å²) in [6, 6.07) is 11.7. The summed E-state index contributed by atoms with van der Waals surface area (Å²) < 4.78 is 4.61. The van der Waals surface area contributed by atoms with E-state index in [-0.39, 0.29) is 17.6 Å². The fraction of sp³-hybridized carbons (Fsp3) is 0.222. The normalized spacial score (nSPS) is 12.8. The van der Waals surface area contributed by atoms with E-state index in [9.17, 15) is 19.7 Å². The Bertz CT molecular complexity index is 845. The first-order valence-electron chi connectivity index (χ1n) is 7.74. The van der Waals surface area contributed by atoms with Gasteiger partial charge in [-0.25, -0.2) is 0 Å². The molecule has 0 radical (unpaired) electrons. The fourth-order valence-corrected chi connectivity index (χ4v) is 2.80. The van der Waals surface area contributed by atoms with Gasteiger partial charge in [-0.3, -0.25) is 19.7 Å². The Hall–Kier alpha value is -3.22. The van der Waals surface area contributed by atoms with Crippen LogP contribution in [0.25, 0.3) is 0 Å². The monoisotopic (exact) mass is 340 g/mol. The van der Waals surface area contributed by atoms with Gasteiger partial charge in [0.05, 0.1) is 24.1 Å². The smallest absolute Gasteiger partial charge is 0.305 e. The summed E-state index contributed by atoms with van der Waals surface area (Å²) in [4.78, 5) is 35.7. The molecule has 2 aromatic carbocycles. The zero-order valence-corrected chi connectivity index (χ0v) is 13.6. The number of carbonyl (C=O) groups is 2. The average Bonchev–Trinajstić information content (AvgIpc) is 2.96. The van der Waals surface area contributed by atoms with Crippen molar-refractivity contribution in [2.45, 2.75) is 19.4 Å². The molecule has 0 fully saturated rings. The SMILES string of the molecule is COC(=O)CCc1ccc(N2Cc3ccc([N+](=O)[O-])cc3C2=O)cc1. The van der Waals surface area contributed by atoms with Gasteiger partial charge < -0.3 is 9.64 Å². The second-order valence-corrected chi connectivity index (χ2v) is 5.73. The number of hydrogen-bond donors (Lipinski definition) is 0. The molecule has 0 bridgehead atoms. The number of carbonyl (C=O) groups excluding carboxylic acids is 2. The highest BCUT2D eigenvalue weighted by atomic mass is 16.6. The Morgan fingerprint density at radius 2 is 1.96 bits per heavy atom. The van der Waals surface area contributed by atoms with Crippen LogP contribution in [0.1, 0.15) is 27.9 Å². The van der Waals surface area contributed by atoms with Gasteiger partial charge in [0.2, 0.25) is 0 Å². The van der Waals surface area contributed by atoms with Crippen LogP contribution in [0.2, 0.25) is 0 Å². The number of fused-ring (bicyclic) bond motifs is 1. The Kier molecular flexibility index (Phi) is 4.47. The lowest BCUT2D eigenvalue weighted by Gasteiger charge is -2.16. The van der Waals surface area contributed by atoms with Crippen molar-refractivity contribution in [1.82, 2.24) is 0 Å². The molecule has 0 saturated carbocycles. The second kappa shape index (κ2) is 6.72. The van der Waals surface area contributed by atoms with E-state index >= 15 is 0 Å². The van der Waals surface area contributed by atoms with Gasteiger partial charge in [0, 0.05) is 24.2 Å². The molecule has 0 saturated heterocycles. The van der Waals surface area contributed by atoms with Crippen LogP contribution < -0.4 is 4.90 Å². The van der Waals surface area contributed by atoms with E-state index < -0.39 is 4.92 Å². The minimum absolute atomic E-state index is 0.0906. The first-order valence-corrected chi connectivity index (χ1v) is 7.74. The highest BCUT2D eigenvalue weighted by Crippen LogP contribution is 2.30. The number of methoxy groups -OCH3 is 1. The van der Waals surface area contributed by atoms with E-state index in [1.807, 2.05) is 24.3 Å². The fourth-order valence-electron chi connectivity index (χ4n) is 2.80. The van der Waals surface area contributed by atoms with E-state index in [0.29, 0.717) is 30.6 Å². The van der Waals surface area contributed by atoms with Crippen LogP contribution in [-0.4, -0.2) is 23.9 Å². The van der Waals surface area contributed by atoms with E-state index in [1.54, 1.807) is 11.0 Å². The molecule has 0 atom stereocenters. The van der Waals surface area contributed by atoms with Crippen molar-refractivity contribution in [2.24, 2.45) is 0 Å². The van der Waals surface area contributed by atoms with Crippen molar-refractivity contribution in [3.8, 4) is 0 Å². The number of nitro benzene ring substituents is 1. The van der Waals surface area contributed by atoms with Gasteiger partial charge in [-0.05, 0) is 35.7 Å². The van der Waals surface area contributed by atoms with Gasteiger partial charge in [0.15, 0.2) is 0 Å². The summed E-state index contributed by atoms with van der Waals surface area (Å²) in [5.41, 5.74) is 2.72. The first-order chi connectivity index (χ1) is 12.0. The molecular weight excluding hydrogens is 324 g/mol. The topological polar surface area (TPSA) is 89.8 Å². The minimum Gasteiger partial charge on any atom is -0.469 e. The average molecular weight is 340 g/mol. The minimum atomic E-state index is -0.508. The van der Waals surface area contributed by atoms with Crippen molar-refractivity contribution in [2.75, 3.05) is 12.0 Å². The van der Waals surface area contributed by atoms with E-state index in [2.05, 4.69) is 4.74 Å². The van der Waals surface area contributed by atoms with Crippen molar-refractivity contribution in [3.05, 3.63) is 69.3 Å². The Balaban J connectivity index is 1.76. The van der Waals surface area contributed by atoms with Crippen LogP contribution in [0.5, 0.6) is 0 Å². The lowest BCUT2D eigenvalue weighted by atomic mass is 10.1. The number of benzene rings is 2. The lowest BCUT2D eigenvalue weighted by molar-refractivity contribution is -0.384. The van der Waals surface area contributed by atoms with E-state index in [4.69, 9.17) is 0 Å². The number of amides is 1. The molecule has 0 N–H and O–H groups in total. The molecule has 2 aromatic rings. The number of nitro groups is 1. The lowest BCUT2D eigenvalue weighted by Crippen LogP contribution is -2.22. The Labute approximate surface area is 144 Å². The molecule has 1 aliphatic rings. The van der Waals surface area contributed by atoms with Gasteiger partial charge in [-0.1, -0.05) is 12.1 Å². The first kappa shape index (κ1) is 16.6. The molecule has 0 aromatic heterocycles. The standard InChI is InChI=1S/C18H16N2O5/c1-25-17(21)9-4-12-2-6-14(7-3-12)19-11-13-5-8-15(20(23)24)10-16(13)18(19)22/h2-3,5-8,10H,4,9,11H2,1H3. The van der Waals surface area contributed by atoms with Gasteiger partial charge in [-0.15, -0.1) is 0 Å². The zero-order valence-electron chi connectivity index (χ0n) is 13.6. The molecule has 7 heteroatoms. The summed E-state index contributed by atoms with van der Waals surface area (Å²) in [6.45, 7) is 0.383. The van der Waals surface area contributed by atoms with Crippen molar-refractivity contribution >= 4 is 23.3 Å². The highest BCUT2D eigenvalue weighted by Gasteiger charge is 2.30. The maximum Gasteiger partial charge on any atom is 0.305 e. The molecular formula is C18H16N2O5. The van der Waals surface area contributed by atoms with Crippen LogP contribution in [0, 0.1) is 10.1 Å². The summed E-state index contributed by atoms with van der Waals surface area (Å²) in [5, 5.41) is 10.9. The van der Waals surface area contributed by atoms with Crippen LogP contribution in [-0.2, 0) is 22.5 Å². The van der Waals surface area contributed by atoms with Crippen LogP contribution in [0.3, 0.4) is 0 Å². The maximum absolute atomic E-state index is 12.6. The number of aryl methyl sites for hydroxylation is 1. The quantitative estimate of drug-likeness (QED) is 0.474. The number of ether oxygens (including phenoxy) is 1. The predicted molar refractivity (Wildman–Crippen MR) is 90.4 cm³/mol. The molecule has 1 amide bonds. The molecule has 0 unspecified atom stereocenters. The maximum atomic E-state index is 12.6. The second-order valence-electron chi connectivity index (χ2n) is 5.73. The molecule has 25 heavy (non-hydrogen) atoms. The molecule has 0 spiro atoms. The van der Waals surface area contributed by atoms with E-state index in [0.717, 1.165) is 11.1 Å². The van der Waals surface area contributed by atoms with Gasteiger partial charge in [0.25, 0.3) is 11.6 Å². The summed E-state index contributed by atoms with van der Waals surface area (Å²) in [7, 11) is 1.35. The summed E-state index contributed by atoms with van der Waals surface area (Å²) >= 11 is 0. The van der Waals surface area contributed by atoms with Gasteiger partial charge in [-0.2, -0.15) is 0 Å². The molecule has 0 aliphatic carbocycles. The molecule has 128 valence electrons. The third kappa shape index (κ3) is 3.35. The van der Waals surface area contributed by atoms with Crippen molar-refractivity contribution in [1.29, 1.82) is 0 Å². The number of hydrogen-bond acceptors (Lipinski definition) is 5. The third-order valence-electron chi connectivity index (χ3n) is 4.20. The highest BCUT2D eigenvalue weighted by molar-refractivity contribution is 6.10. The number of non-ortho nitro benzene ring substituents is 1. The molecule has 3 rings (SSSR count). The van der Waals surface area contributed by atoms with Crippen molar-refractivity contribution < 1.29 is 19.2 Å². The van der Waals surface area contributed by atoms with Crippen LogP contribution in [0.15, 0.2) is 42.5 Å². The Morgan fingerprint density at radius 1 is 1.24 bits per heavy atom. The Morgan fingerprint density at radius 3 is 2.60 bits per heavy atom. The van der Waals surface area contributed by atoms with Gasteiger partial charge in [0.1, 0.15) is 0 Å². The number of esters is 1. The zero-order chi connectivity index (χ0) is 18.0. The molecule has 7 nitrogen and oxygen atoms in total. The largest absolute Gasteiger partial charge is 0.469 e. The molecule has 1 heterocycles. The number of nitrogens with zero attached hydrogens (tertiary/aromatic N) is 2. The van der Waals surface area contributed by atoms with E-state index in [1.165, 1.54) is 19.2 Å². The summed E-state index contributed by atoms with van der Waals surface area (Å²) in [5.74, 6) is -0.517. The summed E-state index contributed by atoms with van der Waals surface area (Å²) in [6.07, 6.45) is 0.862. The number of rotatable bonds is 5. The van der Waals surface area contributed by atoms with Gasteiger partial charge >= 0.3 is 5.97 Å². The third-order valence-corrected chi connectivity index (χ3v) is 4.20. The van der Waals surface area contributed by atoms with Crippen molar-refractivity contribution in [3.63, 3.8) is 0 Å². The van der Waals surface area contributed by atoms with Crippen LogP contribution in [0.4, 0.5) is 11.4 Å². The number of anilines is 1. The van der Waals surface area contributed by atoms with Crippen LogP contribution >= 0.6 is 0 Å². The molecule has 1 aliphatic heterocycles. The predicted octanol–water partition coefficient (Wildman–Crippen LogP) is 2.86.